The molecule has 0 aliphatic carbocycles. The van der Waals surface area contributed by atoms with Crippen molar-refractivity contribution in [2.24, 2.45) is 0 Å². The van der Waals surface area contributed by atoms with Gasteiger partial charge in [0.1, 0.15) is 10.7 Å². The van der Waals surface area contributed by atoms with E-state index in [9.17, 15) is 4.79 Å². The molecule has 5 nitrogen and oxygen atoms in total. The molecule has 0 saturated heterocycles. The Bertz CT molecular complexity index is 886. The first kappa shape index (κ1) is 12.4. The van der Waals surface area contributed by atoms with Gasteiger partial charge in [-0.3, -0.25) is 4.79 Å². The maximum Gasteiger partial charge on any atom is 0.263 e. The number of anilines is 2. The van der Waals surface area contributed by atoms with Crippen LogP contribution in [-0.4, -0.2) is 23.5 Å². The lowest BCUT2D eigenvalue weighted by molar-refractivity contribution is 0.0949. The normalized spacial score (nSPS) is 18.1. The molecule has 6 heteroatoms. The summed E-state index contributed by atoms with van der Waals surface area (Å²) in [6, 6.07) is 7.83. The number of fused-ring (bicyclic) bond motifs is 5. The highest BCUT2D eigenvalue weighted by atomic mass is 32.1. The average molecular weight is 298 g/mol. The zero-order valence-electron chi connectivity index (χ0n) is 11.4. The lowest BCUT2D eigenvalue weighted by Crippen LogP contribution is -2.34. The predicted octanol–water partition coefficient (Wildman–Crippen LogP) is 2.58. The van der Waals surface area contributed by atoms with Crippen molar-refractivity contribution in [3.8, 4) is 0 Å². The number of nitrogens with two attached hydrogens (primary N) is 1. The zero-order valence-corrected chi connectivity index (χ0v) is 12.3. The summed E-state index contributed by atoms with van der Waals surface area (Å²) in [7, 11) is 0. The Balaban J connectivity index is 2.08. The van der Waals surface area contributed by atoms with Gasteiger partial charge in [0, 0.05) is 28.1 Å². The highest BCUT2D eigenvalue weighted by Gasteiger charge is 2.24. The molecule has 0 unspecified atom stereocenters. The van der Waals surface area contributed by atoms with E-state index in [-0.39, 0.29) is 11.9 Å². The quantitative estimate of drug-likeness (QED) is 0.596. The van der Waals surface area contributed by atoms with Crippen LogP contribution in [-0.2, 0) is 0 Å². The van der Waals surface area contributed by atoms with Gasteiger partial charge in [-0.2, -0.15) is 0 Å². The number of carbonyl (C=O) groups excluding carboxylic acids is 1. The number of rotatable bonds is 0. The van der Waals surface area contributed by atoms with Gasteiger partial charge in [-0.05, 0) is 31.2 Å². The molecule has 3 heterocycles. The van der Waals surface area contributed by atoms with Crippen molar-refractivity contribution < 1.29 is 4.79 Å². The number of hydrogen-bond acceptors (Lipinski definition) is 5. The van der Waals surface area contributed by atoms with E-state index < -0.39 is 0 Å². The summed E-state index contributed by atoms with van der Waals surface area (Å²) < 4.78 is 1.08. The first-order valence-electron chi connectivity index (χ1n) is 6.80. The van der Waals surface area contributed by atoms with Gasteiger partial charge < -0.3 is 16.4 Å². The van der Waals surface area contributed by atoms with Crippen LogP contribution in [0.25, 0.3) is 21.0 Å². The van der Waals surface area contributed by atoms with Gasteiger partial charge in [-0.15, -0.1) is 11.3 Å². The number of carbonyl (C=O) groups is 1. The summed E-state index contributed by atoms with van der Waals surface area (Å²) in [5, 5.41) is 8.47. The van der Waals surface area contributed by atoms with Crippen LogP contribution in [0.15, 0.2) is 24.3 Å². The summed E-state index contributed by atoms with van der Waals surface area (Å²) in [5.74, 6) is 0.489. The third-order valence-electron chi connectivity index (χ3n) is 3.71. The van der Waals surface area contributed by atoms with Crippen molar-refractivity contribution in [3.05, 3.63) is 29.1 Å². The molecular formula is C15H14N4OS. The Morgan fingerprint density at radius 1 is 1.33 bits per heavy atom. The number of aromatic nitrogens is 1. The highest BCUT2D eigenvalue weighted by molar-refractivity contribution is 7.21. The topological polar surface area (TPSA) is 80.0 Å². The molecule has 0 fully saturated rings. The number of pyridine rings is 1. The van der Waals surface area contributed by atoms with Crippen LogP contribution in [0.5, 0.6) is 0 Å². The van der Waals surface area contributed by atoms with E-state index in [0.717, 1.165) is 31.6 Å². The molecule has 0 radical (unpaired) electrons. The lowest BCUT2D eigenvalue weighted by atomic mass is 10.1. The van der Waals surface area contributed by atoms with Crippen LogP contribution in [0.1, 0.15) is 16.6 Å². The maximum absolute atomic E-state index is 12.3. The molecule has 1 amide bonds. The summed E-state index contributed by atoms with van der Waals surface area (Å²) in [6.07, 6.45) is 0. The molecule has 1 aliphatic heterocycles. The Morgan fingerprint density at radius 2 is 2.19 bits per heavy atom. The fraction of sp³-hybridized carbons (Fsp3) is 0.200. The smallest absolute Gasteiger partial charge is 0.263 e. The lowest BCUT2D eigenvalue weighted by Gasteiger charge is -2.10. The molecule has 1 aliphatic rings. The Kier molecular flexibility index (Phi) is 2.56. The monoisotopic (exact) mass is 298 g/mol. The molecule has 106 valence electrons. The van der Waals surface area contributed by atoms with Crippen molar-refractivity contribution in [2.45, 2.75) is 13.0 Å². The van der Waals surface area contributed by atoms with Crippen LogP contribution < -0.4 is 16.4 Å². The van der Waals surface area contributed by atoms with Crippen molar-refractivity contribution in [1.82, 2.24) is 10.3 Å². The molecule has 0 spiro atoms. The number of nitrogens with one attached hydrogen (secondary N) is 2. The van der Waals surface area contributed by atoms with E-state index in [4.69, 9.17) is 5.73 Å². The van der Waals surface area contributed by atoms with Gasteiger partial charge in [0.2, 0.25) is 0 Å². The predicted molar refractivity (Wildman–Crippen MR) is 87.0 cm³/mol. The van der Waals surface area contributed by atoms with Crippen LogP contribution >= 0.6 is 11.3 Å². The molecule has 21 heavy (non-hydrogen) atoms. The largest absolute Gasteiger partial charge is 0.384 e. The molecule has 0 bridgehead atoms. The van der Waals surface area contributed by atoms with Crippen molar-refractivity contribution in [1.29, 1.82) is 0 Å². The van der Waals surface area contributed by atoms with Crippen LogP contribution in [0, 0.1) is 0 Å². The number of nitrogens with zero attached hydrogens (tertiary/aromatic N) is 1. The van der Waals surface area contributed by atoms with Gasteiger partial charge >= 0.3 is 0 Å². The van der Waals surface area contributed by atoms with E-state index in [2.05, 4.69) is 15.6 Å². The molecule has 2 aromatic heterocycles. The third-order valence-corrected chi connectivity index (χ3v) is 4.87. The van der Waals surface area contributed by atoms with Crippen molar-refractivity contribution >= 4 is 49.7 Å². The van der Waals surface area contributed by atoms with Gasteiger partial charge in [0.15, 0.2) is 0 Å². The molecule has 1 atom stereocenters. The first-order chi connectivity index (χ1) is 10.1. The molecule has 1 aromatic carbocycles. The Labute approximate surface area is 125 Å². The number of amides is 1. The summed E-state index contributed by atoms with van der Waals surface area (Å²) >= 11 is 1.51. The number of benzene rings is 1. The van der Waals surface area contributed by atoms with Gasteiger partial charge in [-0.1, -0.05) is 0 Å². The van der Waals surface area contributed by atoms with E-state index in [1.165, 1.54) is 11.3 Å². The summed E-state index contributed by atoms with van der Waals surface area (Å²) in [6.45, 7) is 2.70. The Morgan fingerprint density at radius 3 is 3.05 bits per heavy atom. The second-order valence-electron chi connectivity index (χ2n) is 5.30. The molecule has 0 saturated carbocycles. The molecule has 3 aromatic rings. The van der Waals surface area contributed by atoms with E-state index in [1.807, 2.05) is 25.1 Å². The minimum atomic E-state index is -0.0137. The fourth-order valence-corrected chi connectivity index (χ4v) is 3.84. The van der Waals surface area contributed by atoms with Gasteiger partial charge in [-0.25, -0.2) is 4.98 Å². The minimum absolute atomic E-state index is 0.0137. The highest BCUT2D eigenvalue weighted by Crippen LogP contribution is 2.40. The average Bonchev–Trinajstić information content (AvgIpc) is 2.77. The second kappa shape index (κ2) is 4.33. The van der Waals surface area contributed by atoms with E-state index >= 15 is 0 Å². The Hall–Kier alpha value is -2.34. The van der Waals surface area contributed by atoms with Crippen molar-refractivity contribution in [3.63, 3.8) is 0 Å². The third kappa shape index (κ3) is 1.83. The first-order valence-corrected chi connectivity index (χ1v) is 7.61. The number of hydrogen-bond donors (Lipinski definition) is 3. The minimum Gasteiger partial charge on any atom is -0.384 e. The second-order valence-corrected chi connectivity index (χ2v) is 6.36. The molecule has 4 rings (SSSR count). The van der Waals surface area contributed by atoms with Gasteiger partial charge in [0.25, 0.3) is 5.91 Å². The fourth-order valence-electron chi connectivity index (χ4n) is 2.74. The van der Waals surface area contributed by atoms with E-state index in [1.54, 1.807) is 6.07 Å². The number of thiophene rings is 1. The van der Waals surface area contributed by atoms with Crippen LogP contribution in [0.3, 0.4) is 0 Å². The zero-order chi connectivity index (χ0) is 14.6. The molecule has 4 N–H and O–H groups in total. The maximum atomic E-state index is 12.3. The SMILES string of the molecule is C[C@H]1CNc2c(sc3ccc4nc(N)ccc4c23)C(=O)N1. The van der Waals surface area contributed by atoms with E-state index in [0.29, 0.717) is 12.4 Å². The van der Waals surface area contributed by atoms with Gasteiger partial charge in [0.05, 0.1) is 11.2 Å². The molecular weight excluding hydrogens is 284 g/mol. The standard InChI is InChI=1S/C15H14N4OS/c1-7-6-17-13-12-8-2-5-11(16)19-9(8)3-4-10(12)21-14(13)15(20)18-7/h2-5,7,17H,6H2,1H3,(H2,16,19)(H,18,20)/t7-/m0/s1. The number of nitrogen functional groups attached to an aromatic ring is 1. The summed E-state index contributed by atoms with van der Waals surface area (Å²) in [4.78, 5) is 17.4. The van der Waals surface area contributed by atoms with Crippen LogP contribution in [0.4, 0.5) is 11.5 Å². The summed E-state index contributed by atoms with van der Waals surface area (Å²) in [5.41, 5.74) is 7.52. The van der Waals surface area contributed by atoms with Crippen LogP contribution in [0.2, 0.25) is 0 Å². The van der Waals surface area contributed by atoms with Crippen molar-refractivity contribution in [2.75, 3.05) is 17.6 Å².